The minimum Gasteiger partial charge on any atom is -0.299 e. The fourth-order valence-corrected chi connectivity index (χ4v) is 9.14. The molecule has 11 rings (SSSR count). The van der Waals surface area contributed by atoms with E-state index in [0.717, 1.165) is 39.2 Å². The Morgan fingerprint density at radius 1 is 0.370 bits per heavy atom. The highest BCUT2D eigenvalue weighted by Crippen LogP contribution is 2.42. The molecule has 54 heavy (non-hydrogen) atoms. The molecule has 0 fully saturated rings. The average Bonchev–Trinajstić information content (AvgIpc) is 3.78. The zero-order valence-electron chi connectivity index (χ0n) is 29.1. The van der Waals surface area contributed by atoms with Crippen molar-refractivity contribution < 1.29 is 0 Å². The number of rotatable bonds is 5. The van der Waals surface area contributed by atoms with Crippen LogP contribution >= 0.6 is 11.3 Å². The Kier molecular flexibility index (Phi) is 7.04. The van der Waals surface area contributed by atoms with Crippen LogP contribution in [0.3, 0.4) is 0 Å². The quantitative estimate of drug-likeness (QED) is 0.178. The Bertz CT molecular complexity index is 3130. The first-order valence-electron chi connectivity index (χ1n) is 18.2. The van der Waals surface area contributed by atoms with Gasteiger partial charge in [-0.2, -0.15) is 0 Å². The van der Waals surface area contributed by atoms with Crippen molar-refractivity contribution in [3.63, 3.8) is 0 Å². The van der Waals surface area contributed by atoms with Gasteiger partial charge in [0.1, 0.15) is 4.83 Å². The lowest BCUT2D eigenvalue weighted by atomic mass is 9.97. The van der Waals surface area contributed by atoms with E-state index >= 15 is 0 Å². The van der Waals surface area contributed by atoms with E-state index < -0.39 is 0 Å². The second kappa shape index (κ2) is 12.4. The molecule has 0 amide bonds. The maximum atomic E-state index is 5.21. The molecule has 3 heterocycles. The number of thiazole rings is 1. The van der Waals surface area contributed by atoms with E-state index in [1.807, 2.05) is 11.3 Å². The molecule has 8 aromatic carbocycles. The molecule has 11 aromatic rings. The Hall–Kier alpha value is -6.88. The first kappa shape index (κ1) is 30.7. The van der Waals surface area contributed by atoms with E-state index in [1.165, 1.54) is 58.6 Å². The molecular formula is C50H31N3S. The average molecular weight is 706 g/mol. The maximum Gasteiger partial charge on any atom is 0.160 e. The molecule has 0 saturated heterocycles. The van der Waals surface area contributed by atoms with Crippen LogP contribution in [0, 0.1) is 0 Å². The van der Waals surface area contributed by atoms with E-state index in [2.05, 4.69) is 192 Å². The summed E-state index contributed by atoms with van der Waals surface area (Å²) in [6.07, 6.45) is 0. The highest BCUT2D eigenvalue weighted by molar-refractivity contribution is 7.24. The summed E-state index contributed by atoms with van der Waals surface area (Å²) >= 11 is 1.86. The monoisotopic (exact) mass is 705 g/mol. The molecule has 252 valence electrons. The molecule has 0 aliphatic heterocycles. The summed E-state index contributed by atoms with van der Waals surface area (Å²) in [5, 5.41) is 6.04. The van der Waals surface area contributed by atoms with Gasteiger partial charge in [0.05, 0.1) is 27.1 Å². The molecule has 4 heteroatoms. The first-order chi connectivity index (χ1) is 26.7. The Labute approximate surface area is 316 Å². The molecule has 3 nitrogen and oxygen atoms in total. The second-order valence-electron chi connectivity index (χ2n) is 13.8. The lowest BCUT2D eigenvalue weighted by Crippen LogP contribution is -1.96. The minimum atomic E-state index is 0.712. The highest BCUT2D eigenvalue weighted by atomic mass is 32.1. The lowest BCUT2D eigenvalue weighted by molar-refractivity contribution is 1.18. The van der Waals surface area contributed by atoms with Crippen LogP contribution in [0.4, 0.5) is 0 Å². The summed E-state index contributed by atoms with van der Waals surface area (Å²) in [6, 6.07) is 67.3. The number of hydrogen-bond acceptors (Lipinski definition) is 3. The van der Waals surface area contributed by atoms with Crippen LogP contribution < -0.4 is 0 Å². The number of benzene rings is 8. The van der Waals surface area contributed by atoms with Gasteiger partial charge in [-0.3, -0.25) is 4.40 Å². The van der Waals surface area contributed by atoms with Gasteiger partial charge in [0.15, 0.2) is 5.82 Å². The zero-order chi connectivity index (χ0) is 35.6. The first-order valence-corrected chi connectivity index (χ1v) is 19.0. The largest absolute Gasteiger partial charge is 0.299 e. The third-order valence-electron chi connectivity index (χ3n) is 10.6. The van der Waals surface area contributed by atoms with E-state index in [-0.39, 0.29) is 0 Å². The summed E-state index contributed by atoms with van der Waals surface area (Å²) in [7, 11) is 0. The molecule has 0 radical (unpaired) electrons. The topological polar surface area (TPSA) is 30.2 Å². The van der Waals surface area contributed by atoms with Crippen LogP contribution in [0.15, 0.2) is 188 Å². The molecular weight excluding hydrogens is 675 g/mol. The number of hydrogen-bond donors (Lipinski definition) is 0. The smallest absolute Gasteiger partial charge is 0.160 e. The van der Waals surface area contributed by atoms with Crippen molar-refractivity contribution in [2.75, 3.05) is 0 Å². The maximum absolute atomic E-state index is 5.21. The molecule has 0 aliphatic carbocycles. The van der Waals surface area contributed by atoms with Gasteiger partial charge in [-0.15, -0.1) is 11.3 Å². The summed E-state index contributed by atoms with van der Waals surface area (Å²) in [6.45, 7) is 0. The third kappa shape index (κ3) is 5.11. The Morgan fingerprint density at radius 2 is 0.926 bits per heavy atom. The van der Waals surface area contributed by atoms with Crippen LogP contribution in [0.1, 0.15) is 0 Å². The highest BCUT2D eigenvalue weighted by Gasteiger charge is 2.18. The predicted molar refractivity (Wildman–Crippen MR) is 228 cm³/mol. The standard InChI is InChI=1S/C50H31N3S/c1-3-12-36-29-40(26-22-32(36)10-1)44-31-43(51-49(52-44)41-27-23-33-11-2-4-13-37(33)30-41)39-15-9-14-38(28-39)34-20-24-35(25-21-34)48-42-16-5-6-17-45(42)53-46-18-7-8-19-47(46)54-50(48)53/h1-31H. The number of para-hydroxylation sites is 2. The van der Waals surface area contributed by atoms with E-state index in [4.69, 9.17) is 9.97 Å². The summed E-state index contributed by atoms with van der Waals surface area (Å²) < 4.78 is 3.72. The molecule has 0 bridgehead atoms. The van der Waals surface area contributed by atoms with Crippen LogP contribution in [0.2, 0.25) is 0 Å². The van der Waals surface area contributed by atoms with Gasteiger partial charge in [-0.05, 0) is 80.7 Å². The van der Waals surface area contributed by atoms with Gasteiger partial charge in [-0.1, -0.05) is 146 Å². The van der Waals surface area contributed by atoms with E-state index in [1.54, 1.807) is 0 Å². The van der Waals surface area contributed by atoms with Gasteiger partial charge < -0.3 is 0 Å². The number of aromatic nitrogens is 3. The van der Waals surface area contributed by atoms with Crippen LogP contribution in [0.5, 0.6) is 0 Å². The fraction of sp³-hybridized carbons (Fsp3) is 0. The van der Waals surface area contributed by atoms with Crippen molar-refractivity contribution in [3.8, 4) is 56.2 Å². The van der Waals surface area contributed by atoms with Crippen LogP contribution in [-0.4, -0.2) is 14.4 Å². The molecule has 0 aliphatic rings. The predicted octanol–water partition coefficient (Wildman–Crippen LogP) is 13.7. The van der Waals surface area contributed by atoms with Crippen molar-refractivity contribution in [1.29, 1.82) is 0 Å². The van der Waals surface area contributed by atoms with Gasteiger partial charge in [0.25, 0.3) is 0 Å². The SMILES string of the molecule is c1cc(-c2ccc(-c3c4ccccc4n4c3sc3ccccc34)cc2)cc(-c2cc(-c3ccc4ccccc4c3)nc(-c3ccc4ccccc4c3)n2)c1. The van der Waals surface area contributed by atoms with Crippen LogP contribution in [0.25, 0.3) is 104 Å². The van der Waals surface area contributed by atoms with Crippen molar-refractivity contribution in [1.82, 2.24) is 14.4 Å². The van der Waals surface area contributed by atoms with Crippen LogP contribution in [-0.2, 0) is 0 Å². The summed E-state index contributed by atoms with van der Waals surface area (Å²) in [5.41, 5.74) is 12.2. The fourth-order valence-electron chi connectivity index (χ4n) is 7.90. The third-order valence-corrected chi connectivity index (χ3v) is 11.7. The van der Waals surface area contributed by atoms with E-state index in [9.17, 15) is 0 Å². The zero-order valence-corrected chi connectivity index (χ0v) is 30.0. The van der Waals surface area contributed by atoms with Gasteiger partial charge >= 0.3 is 0 Å². The molecule has 0 unspecified atom stereocenters. The lowest BCUT2D eigenvalue weighted by Gasteiger charge is -2.12. The molecule has 0 saturated carbocycles. The minimum absolute atomic E-state index is 0.712. The molecule has 3 aromatic heterocycles. The van der Waals surface area contributed by atoms with Crippen molar-refractivity contribution in [3.05, 3.63) is 188 Å². The normalized spacial score (nSPS) is 11.7. The van der Waals surface area contributed by atoms with E-state index in [0.29, 0.717) is 5.82 Å². The molecule has 0 atom stereocenters. The van der Waals surface area contributed by atoms with Gasteiger partial charge in [0, 0.05) is 27.6 Å². The summed E-state index contributed by atoms with van der Waals surface area (Å²) in [4.78, 5) is 11.7. The van der Waals surface area contributed by atoms with Gasteiger partial charge in [-0.25, -0.2) is 9.97 Å². The Balaban J connectivity index is 1.01. The molecule has 0 spiro atoms. The van der Waals surface area contributed by atoms with Crippen molar-refractivity contribution in [2.45, 2.75) is 0 Å². The van der Waals surface area contributed by atoms with Crippen molar-refractivity contribution in [2.24, 2.45) is 0 Å². The van der Waals surface area contributed by atoms with Crippen molar-refractivity contribution >= 4 is 58.8 Å². The van der Waals surface area contributed by atoms with Gasteiger partial charge in [0.2, 0.25) is 0 Å². The summed E-state index contributed by atoms with van der Waals surface area (Å²) in [5.74, 6) is 0.712. The number of nitrogens with zero attached hydrogens (tertiary/aromatic N) is 3. The number of fused-ring (bicyclic) bond motifs is 7. The molecule has 0 N–H and O–H groups in total. The second-order valence-corrected chi connectivity index (χ2v) is 14.9. The Morgan fingerprint density at radius 3 is 1.69 bits per heavy atom.